The van der Waals surface area contributed by atoms with Gasteiger partial charge in [-0.25, -0.2) is 8.42 Å². The molecule has 370 valence electrons. The zero-order chi connectivity index (χ0) is 48.9. The van der Waals surface area contributed by atoms with Gasteiger partial charge in [0.1, 0.15) is 11.5 Å². The summed E-state index contributed by atoms with van der Waals surface area (Å²) in [5.74, 6) is -5.40. The summed E-state index contributed by atoms with van der Waals surface area (Å²) in [6, 6.07) is 24.0. The van der Waals surface area contributed by atoms with Crippen LogP contribution in [0.1, 0.15) is 25.7 Å². The van der Waals surface area contributed by atoms with Crippen LogP contribution in [0.3, 0.4) is 0 Å². The summed E-state index contributed by atoms with van der Waals surface area (Å²) < 4.78 is 255. The topological polar surface area (TPSA) is 113 Å². The van der Waals surface area contributed by atoms with Crippen molar-refractivity contribution >= 4 is 21.0 Å². The van der Waals surface area contributed by atoms with Crippen molar-refractivity contribution < 1.29 is 107 Å². The van der Waals surface area contributed by atoms with Gasteiger partial charge in [0, 0.05) is 23.7 Å². The fraction of sp³-hybridized carbons (Fsp3) is 0.561. The number of alkyl halides is 15. The third kappa shape index (κ3) is 8.50. The minimum Gasteiger partial charge on any atom is -0.741 e. The molecule has 0 radical (unpaired) electrons. The second-order valence-electron chi connectivity index (χ2n) is 16.9. The molecule has 67 heavy (non-hydrogen) atoms. The van der Waals surface area contributed by atoms with E-state index in [-0.39, 0.29) is 39.3 Å². The molecule has 0 aromatic heterocycles. The molecule has 10 atom stereocenters. The molecule has 2 saturated heterocycles. The Morgan fingerprint density at radius 3 is 1.16 bits per heavy atom. The van der Waals surface area contributed by atoms with E-state index in [1.165, 1.54) is 0 Å². The summed E-state index contributed by atoms with van der Waals surface area (Å²) >= 11 is 0. The molecule has 10 unspecified atom stereocenters. The summed E-state index contributed by atoms with van der Waals surface area (Å²) in [5.41, 5.74) is -13.9. The largest absolute Gasteiger partial charge is 0.741 e. The average Bonchev–Trinajstić information content (AvgIpc) is 3.90. The van der Waals surface area contributed by atoms with Crippen LogP contribution in [0, 0.1) is 35.5 Å². The number of benzene rings is 3. The van der Waals surface area contributed by atoms with Crippen molar-refractivity contribution in [1.29, 1.82) is 0 Å². The highest BCUT2D eigenvalue weighted by Crippen LogP contribution is 2.71. The van der Waals surface area contributed by atoms with Gasteiger partial charge < -0.3 is 33.0 Å². The van der Waals surface area contributed by atoms with Gasteiger partial charge in [-0.15, -0.1) is 0 Å². The lowest BCUT2D eigenvalue weighted by atomic mass is 9.67. The Morgan fingerprint density at radius 2 is 0.866 bits per heavy atom. The highest BCUT2D eigenvalue weighted by molar-refractivity contribution is 7.97. The van der Waals surface area contributed by atoms with Gasteiger partial charge in [-0.3, -0.25) is 0 Å². The molecule has 0 spiro atoms. The van der Waals surface area contributed by atoms with Crippen LogP contribution in [0.25, 0.3) is 0 Å². The number of fused-ring (bicyclic) bond motifs is 10. The molecular formula is C41H35F15O9S2. The number of halogens is 15. The Bertz CT molecular complexity index is 2190. The average molecular weight is 1020 g/mol. The smallest absolute Gasteiger partial charge is 0.485 e. The summed E-state index contributed by atoms with van der Waals surface area (Å²) in [7, 11) is -6.70. The SMILES string of the molecule is FC(F)(F)C1(C(F)(F)F)OC2C3CC(CC3OCOc3ccc([S+](c4ccccc4)c4ccc(OCOC5CC6CC5C5OC(C(F)(F)F)(C(F)(F)F)C65)cc4)cc3)C21.O=S(=O)([O-])C(F)(F)F. The number of rotatable bonds is 11. The third-order valence-electron chi connectivity index (χ3n) is 13.4. The van der Waals surface area contributed by atoms with Gasteiger partial charge in [-0.05, 0) is 98.2 Å². The fourth-order valence-electron chi connectivity index (χ4n) is 10.8. The lowest BCUT2D eigenvalue weighted by Gasteiger charge is -2.57. The van der Waals surface area contributed by atoms with Gasteiger partial charge in [0.25, 0.3) is 11.2 Å². The molecule has 9 rings (SSSR count). The minimum absolute atomic E-state index is 0.0446. The van der Waals surface area contributed by atoms with E-state index in [4.69, 9.17) is 31.9 Å². The maximum absolute atomic E-state index is 13.6. The summed E-state index contributed by atoms with van der Waals surface area (Å²) in [5, 5.41) is 0. The molecule has 2 aliphatic heterocycles. The highest BCUT2D eigenvalue weighted by Gasteiger charge is 2.88. The van der Waals surface area contributed by atoms with Crippen molar-refractivity contribution in [2.24, 2.45) is 35.5 Å². The first-order valence-corrected chi connectivity index (χ1v) is 22.8. The van der Waals surface area contributed by atoms with Crippen molar-refractivity contribution in [1.82, 2.24) is 0 Å². The van der Waals surface area contributed by atoms with E-state index in [0.29, 0.717) is 11.5 Å². The maximum atomic E-state index is 13.6. The Balaban J connectivity index is 0.000000698. The normalized spacial score (nSPS) is 30.9. The van der Waals surface area contributed by atoms with E-state index in [1.807, 2.05) is 54.6 Å². The van der Waals surface area contributed by atoms with Gasteiger partial charge in [-0.1, -0.05) is 18.2 Å². The van der Waals surface area contributed by atoms with Crippen LogP contribution < -0.4 is 9.47 Å². The Labute approximate surface area is 373 Å². The monoisotopic (exact) mass is 1020 g/mol. The molecule has 4 aliphatic carbocycles. The van der Waals surface area contributed by atoms with Gasteiger partial charge in [0.2, 0.25) is 0 Å². The first-order chi connectivity index (χ1) is 31.0. The summed E-state index contributed by atoms with van der Waals surface area (Å²) in [6.45, 7) is -0.533. The zero-order valence-electron chi connectivity index (χ0n) is 33.7. The first kappa shape index (κ1) is 49.7. The van der Waals surface area contributed by atoms with Crippen molar-refractivity contribution in [3.8, 4) is 11.5 Å². The van der Waals surface area contributed by atoms with Crippen LogP contribution in [0.15, 0.2) is 93.5 Å². The maximum Gasteiger partial charge on any atom is 0.485 e. The second kappa shape index (κ2) is 17.0. The molecule has 0 N–H and O–H groups in total. The van der Waals surface area contributed by atoms with Crippen LogP contribution in [0.5, 0.6) is 11.5 Å². The quantitative estimate of drug-likeness (QED) is 0.0609. The highest BCUT2D eigenvalue weighted by atomic mass is 32.2. The van der Waals surface area contributed by atoms with Gasteiger partial charge >= 0.3 is 30.2 Å². The van der Waals surface area contributed by atoms with Gasteiger partial charge in [0.15, 0.2) is 38.4 Å². The van der Waals surface area contributed by atoms with Crippen molar-refractivity contribution in [3.05, 3.63) is 78.9 Å². The molecule has 6 fully saturated rings. The molecule has 26 heteroatoms. The molecule has 0 amide bonds. The number of hydrogen-bond acceptors (Lipinski definition) is 9. The minimum atomic E-state index is -6.09. The first-order valence-electron chi connectivity index (χ1n) is 20.1. The number of ether oxygens (including phenoxy) is 6. The Morgan fingerprint density at radius 1 is 0.537 bits per heavy atom. The van der Waals surface area contributed by atoms with Crippen LogP contribution in [0.4, 0.5) is 65.9 Å². The molecule has 9 nitrogen and oxygen atoms in total. The van der Waals surface area contributed by atoms with Crippen molar-refractivity contribution in [2.75, 3.05) is 13.6 Å². The van der Waals surface area contributed by atoms with Crippen LogP contribution in [0.2, 0.25) is 0 Å². The van der Waals surface area contributed by atoms with E-state index in [2.05, 4.69) is 9.47 Å². The van der Waals surface area contributed by atoms with Crippen molar-refractivity contribution in [2.45, 2.75) is 106 Å². The van der Waals surface area contributed by atoms with Crippen LogP contribution in [-0.2, 0) is 40.0 Å². The molecule has 4 bridgehead atoms. The van der Waals surface area contributed by atoms with E-state index < -0.39 is 122 Å². The Kier molecular flexibility index (Phi) is 12.6. The molecular weight excluding hydrogens is 986 g/mol. The standard InChI is InChI=1S/C40H35F12O6S.CHF3O3S/c41-37(42,43)35(38(44,45)46)31-20-14-27(33(31)57-35)29(16-20)55-18-53-22-6-10-25(11-7-22)59(24-4-2-1-3-5-24)26-12-8-23(9-13-26)54-19-56-30-17-21-15-28(30)34-32(21)36(58-34,39(47,48)49)40(50,51)52;2-1(3,4)8(5,6)7/h1-13,20-21,27-34H,14-19H2;(H,5,6,7)/q+1;/p-1. The van der Waals surface area contributed by atoms with Gasteiger partial charge in [-0.2, -0.15) is 65.9 Å². The van der Waals surface area contributed by atoms with Crippen LogP contribution in [-0.4, -0.2) is 92.4 Å². The van der Waals surface area contributed by atoms with Gasteiger partial charge in [0.05, 0.1) is 35.3 Å². The van der Waals surface area contributed by atoms with Crippen molar-refractivity contribution in [3.63, 3.8) is 0 Å². The van der Waals surface area contributed by atoms with E-state index in [9.17, 15) is 65.9 Å². The lowest BCUT2D eigenvalue weighted by Crippen LogP contribution is -2.76. The molecule has 2 heterocycles. The van der Waals surface area contributed by atoms with E-state index in [0.717, 1.165) is 14.7 Å². The third-order valence-corrected chi connectivity index (χ3v) is 16.2. The molecule has 6 aliphatic rings. The predicted octanol–water partition coefficient (Wildman–Crippen LogP) is 10.1. The summed E-state index contributed by atoms with van der Waals surface area (Å²) in [4.78, 5) is 2.81. The zero-order valence-corrected chi connectivity index (χ0v) is 35.3. The second-order valence-corrected chi connectivity index (χ2v) is 20.3. The van der Waals surface area contributed by atoms with E-state index >= 15 is 0 Å². The molecule has 4 saturated carbocycles. The molecule has 3 aromatic carbocycles. The Hall–Kier alpha value is -3.69. The number of hydrogen-bond donors (Lipinski definition) is 0. The van der Waals surface area contributed by atoms with E-state index in [1.54, 1.807) is 24.3 Å². The predicted molar refractivity (Wildman–Crippen MR) is 197 cm³/mol. The van der Waals surface area contributed by atoms with Crippen LogP contribution >= 0.6 is 0 Å². The lowest BCUT2D eigenvalue weighted by molar-refractivity contribution is -0.473. The fourth-order valence-corrected chi connectivity index (χ4v) is 12.9. The molecule has 3 aromatic rings. The summed E-state index contributed by atoms with van der Waals surface area (Å²) in [6.07, 6.45) is -25.5.